The van der Waals surface area contributed by atoms with Crippen molar-refractivity contribution in [1.29, 1.82) is 0 Å². The normalized spacial score (nSPS) is 11.3. The number of benzene rings is 1. The first kappa shape index (κ1) is 11.4. The number of aryl methyl sites for hydroxylation is 3. The first-order valence-corrected chi connectivity index (χ1v) is 6.64. The smallest absolute Gasteiger partial charge is 0.260 e. The van der Waals surface area contributed by atoms with E-state index >= 15 is 0 Å². The second-order valence-electron chi connectivity index (χ2n) is 4.49. The molecule has 0 aliphatic carbocycles. The Morgan fingerprint density at radius 1 is 1.22 bits per heavy atom. The second kappa shape index (κ2) is 4.21. The van der Waals surface area contributed by atoms with Gasteiger partial charge < -0.3 is 9.40 Å². The number of nitrogens with one attached hydrogen (secondary N) is 1. The summed E-state index contributed by atoms with van der Waals surface area (Å²) in [7, 11) is 0. The van der Waals surface area contributed by atoms with Crippen molar-refractivity contribution in [2.24, 2.45) is 0 Å². The van der Waals surface area contributed by atoms with E-state index in [9.17, 15) is 0 Å². The van der Waals surface area contributed by atoms with Crippen LogP contribution in [-0.2, 0) is 0 Å². The lowest BCUT2D eigenvalue weighted by Gasteiger charge is -1.98. The van der Waals surface area contributed by atoms with Crippen molar-refractivity contribution in [3.63, 3.8) is 0 Å². The number of rotatable bonds is 2. The van der Waals surface area contributed by atoms with Gasteiger partial charge in [0.15, 0.2) is 0 Å². The van der Waals surface area contributed by atoms with Crippen molar-refractivity contribution in [2.75, 3.05) is 0 Å². The van der Waals surface area contributed by atoms with Crippen LogP contribution in [0.4, 0.5) is 0 Å². The molecule has 3 nitrogen and oxygen atoms in total. The van der Waals surface area contributed by atoms with Crippen LogP contribution in [0.1, 0.15) is 17.0 Å². The Morgan fingerprint density at radius 2 is 2.06 bits per heavy atom. The zero-order valence-electron chi connectivity index (χ0n) is 10.6. The molecule has 0 bridgehead atoms. The van der Waals surface area contributed by atoms with Crippen molar-refractivity contribution in [3.8, 4) is 0 Å². The highest BCUT2D eigenvalue weighted by molar-refractivity contribution is 7.99. The van der Waals surface area contributed by atoms with Gasteiger partial charge in [0, 0.05) is 21.5 Å². The van der Waals surface area contributed by atoms with Crippen LogP contribution < -0.4 is 0 Å². The molecule has 0 aliphatic rings. The topological polar surface area (TPSA) is 41.8 Å². The Hall–Kier alpha value is -1.68. The molecule has 2 heterocycles. The van der Waals surface area contributed by atoms with Gasteiger partial charge in [-0.15, -0.1) is 0 Å². The lowest BCUT2D eigenvalue weighted by Crippen LogP contribution is -1.77. The standard InChI is InChI=1S/C14H14N2OS/c1-8-4-5-12-11(6-8)13(10(3)16-12)18-14-15-9(2)7-17-14/h4-7,16H,1-3H3. The summed E-state index contributed by atoms with van der Waals surface area (Å²) in [6.07, 6.45) is 1.68. The number of oxazole rings is 1. The molecule has 2 aromatic heterocycles. The summed E-state index contributed by atoms with van der Waals surface area (Å²) in [4.78, 5) is 8.92. The quantitative estimate of drug-likeness (QED) is 0.747. The first-order chi connectivity index (χ1) is 8.63. The highest BCUT2D eigenvalue weighted by Crippen LogP contribution is 2.36. The van der Waals surface area contributed by atoms with Gasteiger partial charge in [0.2, 0.25) is 0 Å². The summed E-state index contributed by atoms with van der Waals surface area (Å²) in [5.74, 6) is 0. The molecule has 3 rings (SSSR count). The molecule has 3 aromatic rings. The number of H-pyrrole nitrogens is 1. The predicted octanol–water partition coefficient (Wildman–Crippen LogP) is 4.23. The van der Waals surface area contributed by atoms with E-state index in [-0.39, 0.29) is 0 Å². The van der Waals surface area contributed by atoms with Crippen LogP contribution >= 0.6 is 11.8 Å². The van der Waals surface area contributed by atoms with Crippen molar-refractivity contribution < 1.29 is 4.42 Å². The fourth-order valence-corrected chi connectivity index (χ4v) is 2.96. The zero-order valence-corrected chi connectivity index (χ0v) is 11.4. The monoisotopic (exact) mass is 258 g/mol. The van der Waals surface area contributed by atoms with Gasteiger partial charge >= 0.3 is 0 Å². The first-order valence-electron chi connectivity index (χ1n) is 5.82. The Labute approximate surface area is 110 Å². The molecule has 1 aromatic carbocycles. The maximum atomic E-state index is 5.41. The Morgan fingerprint density at radius 3 is 2.78 bits per heavy atom. The molecule has 0 spiro atoms. The van der Waals surface area contributed by atoms with E-state index in [0.29, 0.717) is 5.22 Å². The van der Waals surface area contributed by atoms with Crippen molar-refractivity contribution in [1.82, 2.24) is 9.97 Å². The van der Waals surface area contributed by atoms with Crippen LogP contribution in [0.3, 0.4) is 0 Å². The minimum atomic E-state index is 0.693. The van der Waals surface area contributed by atoms with Crippen molar-refractivity contribution in [3.05, 3.63) is 41.4 Å². The van der Waals surface area contributed by atoms with Crippen LogP contribution in [0.25, 0.3) is 10.9 Å². The fourth-order valence-electron chi connectivity index (χ4n) is 2.01. The lowest BCUT2D eigenvalue weighted by molar-refractivity contribution is 0.454. The van der Waals surface area contributed by atoms with Gasteiger partial charge in [0.05, 0.1) is 5.69 Å². The highest BCUT2D eigenvalue weighted by Gasteiger charge is 2.12. The molecule has 0 saturated carbocycles. The third kappa shape index (κ3) is 1.93. The largest absolute Gasteiger partial charge is 0.439 e. The van der Waals surface area contributed by atoms with Crippen LogP contribution in [0, 0.1) is 20.8 Å². The average molecular weight is 258 g/mol. The Balaban J connectivity index is 2.10. The van der Waals surface area contributed by atoms with Crippen LogP contribution in [0.5, 0.6) is 0 Å². The third-order valence-electron chi connectivity index (χ3n) is 2.87. The Kier molecular flexibility index (Phi) is 2.67. The maximum Gasteiger partial charge on any atom is 0.260 e. The molecule has 0 aliphatic heterocycles. The molecular weight excluding hydrogens is 244 g/mol. The van der Waals surface area contributed by atoms with Crippen LogP contribution in [0.2, 0.25) is 0 Å². The second-order valence-corrected chi connectivity index (χ2v) is 5.45. The van der Waals surface area contributed by atoms with Gasteiger partial charge in [-0.25, -0.2) is 4.98 Å². The maximum absolute atomic E-state index is 5.41. The summed E-state index contributed by atoms with van der Waals surface area (Å²) in [6.45, 7) is 6.11. The molecule has 0 amide bonds. The average Bonchev–Trinajstić information content (AvgIpc) is 2.86. The molecule has 1 N–H and O–H groups in total. The van der Waals surface area contributed by atoms with Gasteiger partial charge in [-0.3, -0.25) is 0 Å². The summed E-state index contributed by atoms with van der Waals surface area (Å²) in [5.41, 5.74) is 4.47. The zero-order chi connectivity index (χ0) is 12.7. The van der Waals surface area contributed by atoms with Gasteiger partial charge in [-0.1, -0.05) is 11.6 Å². The Bertz CT molecular complexity index is 712. The minimum Gasteiger partial charge on any atom is -0.439 e. The SMILES string of the molecule is Cc1ccc2[nH]c(C)c(Sc3nc(C)co3)c2c1. The van der Waals surface area contributed by atoms with Gasteiger partial charge in [-0.2, -0.15) is 0 Å². The van der Waals surface area contributed by atoms with Gasteiger partial charge in [-0.05, 0) is 44.7 Å². The van der Waals surface area contributed by atoms with E-state index in [4.69, 9.17) is 4.42 Å². The fraction of sp³-hybridized carbons (Fsp3) is 0.214. The molecule has 92 valence electrons. The van der Waals surface area contributed by atoms with Gasteiger partial charge in [0.25, 0.3) is 5.22 Å². The molecule has 0 saturated heterocycles. The third-order valence-corrected chi connectivity index (χ3v) is 3.96. The number of aromatic nitrogens is 2. The van der Waals surface area contributed by atoms with E-state index in [1.54, 1.807) is 18.0 Å². The molecule has 0 fully saturated rings. The summed E-state index contributed by atoms with van der Waals surface area (Å²) in [6, 6.07) is 6.42. The molecular formula is C14H14N2OS. The molecule has 18 heavy (non-hydrogen) atoms. The number of hydrogen-bond acceptors (Lipinski definition) is 3. The number of fused-ring (bicyclic) bond motifs is 1. The molecule has 4 heteroatoms. The summed E-state index contributed by atoms with van der Waals surface area (Å²) in [5, 5.41) is 1.92. The van der Waals surface area contributed by atoms with E-state index in [0.717, 1.165) is 16.9 Å². The molecule has 0 unspecified atom stereocenters. The van der Waals surface area contributed by atoms with E-state index < -0.39 is 0 Å². The molecule has 0 radical (unpaired) electrons. The van der Waals surface area contributed by atoms with E-state index in [1.807, 2.05) is 6.92 Å². The summed E-state index contributed by atoms with van der Waals surface area (Å²) < 4.78 is 5.41. The summed E-state index contributed by atoms with van der Waals surface area (Å²) >= 11 is 1.57. The van der Waals surface area contributed by atoms with Crippen molar-refractivity contribution >= 4 is 22.7 Å². The number of hydrogen-bond donors (Lipinski definition) is 1. The van der Waals surface area contributed by atoms with Crippen molar-refractivity contribution in [2.45, 2.75) is 30.9 Å². The van der Waals surface area contributed by atoms with Crippen LogP contribution in [-0.4, -0.2) is 9.97 Å². The van der Waals surface area contributed by atoms with E-state index in [2.05, 4.69) is 42.0 Å². The van der Waals surface area contributed by atoms with Gasteiger partial charge in [0.1, 0.15) is 6.26 Å². The predicted molar refractivity (Wildman–Crippen MR) is 73.1 cm³/mol. The van der Waals surface area contributed by atoms with Crippen LogP contribution in [0.15, 0.2) is 39.0 Å². The lowest BCUT2D eigenvalue weighted by atomic mass is 10.2. The molecule has 0 atom stereocenters. The van der Waals surface area contributed by atoms with E-state index in [1.165, 1.54) is 15.8 Å². The number of aromatic amines is 1. The minimum absolute atomic E-state index is 0.693. The number of nitrogens with zero attached hydrogens (tertiary/aromatic N) is 1. The highest BCUT2D eigenvalue weighted by atomic mass is 32.2.